The van der Waals surface area contributed by atoms with Crippen molar-refractivity contribution in [1.29, 1.82) is 0 Å². The molecule has 0 bridgehead atoms. The van der Waals surface area contributed by atoms with E-state index in [1.807, 2.05) is 0 Å². The Balaban J connectivity index is 2.02. The minimum atomic E-state index is -3.51. The van der Waals surface area contributed by atoms with Gasteiger partial charge >= 0.3 is 0 Å². The van der Waals surface area contributed by atoms with E-state index in [2.05, 4.69) is 0 Å². The van der Waals surface area contributed by atoms with E-state index in [4.69, 9.17) is 21.1 Å². The smallest absolute Gasteiger partial charge is 0.178 e. The Morgan fingerprint density at radius 3 is 2.63 bits per heavy atom. The Bertz CT molecular complexity index is 541. The molecule has 0 saturated carbocycles. The molecule has 106 valence electrons. The third-order valence-electron chi connectivity index (χ3n) is 2.77. The first-order chi connectivity index (χ1) is 8.99. The summed E-state index contributed by atoms with van der Waals surface area (Å²) >= 11 is 5.58. The van der Waals surface area contributed by atoms with Crippen molar-refractivity contribution in [2.45, 2.75) is 24.0 Å². The number of hydrogen-bond acceptors (Lipinski definition) is 4. The summed E-state index contributed by atoms with van der Waals surface area (Å²) in [6, 6.07) is 3.37. The van der Waals surface area contributed by atoms with Crippen molar-refractivity contribution >= 4 is 21.4 Å². The van der Waals surface area contributed by atoms with E-state index in [1.165, 1.54) is 6.07 Å². The standard InChI is InChI=1S/C12H14ClFO4S/c13-10-8-9(2-3-11(10)14)19(15,16)7-4-12-17-5-1-6-18-12/h2-3,8,12H,1,4-7H2. The molecule has 0 atom stereocenters. The zero-order chi connectivity index (χ0) is 13.9. The SMILES string of the molecule is O=S(=O)(CCC1OCCCO1)c1ccc(F)c(Cl)c1. The zero-order valence-corrected chi connectivity index (χ0v) is 11.7. The van der Waals surface area contributed by atoms with Gasteiger partial charge in [0.15, 0.2) is 16.1 Å². The first-order valence-electron chi connectivity index (χ1n) is 5.90. The zero-order valence-electron chi connectivity index (χ0n) is 10.1. The van der Waals surface area contributed by atoms with Crippen LogP contribution in [-0.4, -0.2) is 33.7 Å². The Kier molecular flexibility index (Phi) is 4.78. The van der Waals surface area contributed by atoms with Crippen molar-refractivity contribution in [2.24, 2.45) is 0 Å². The second kappa shape index (κ2) is 6.17. The molecule has 0 N–H and O–H groups in total. The number of sulfone groups is 1. The maximum Gasteiger partial charge on any atom is 0.178 e. The van der Waals surface area contributed by atoms with Crippen molar-refractivity contribution in [3.8, 4) is 0 Å². The van der Waals surface area contributed by atoms with Crippen LogP contribution >= 0.6 is 11.6 Å². The number of hydrogen-bond donors (Lipinski definition) is 0. The van der Waals surface area contributed by atoms with Gasteiger partial charge in [-0.25, -0.2) is 12.8 Å². The fourth-order valence-electron chi connectivity index (χ4n) is 1.74. The maximum atomic E-state index is 13.0. The Morgan fingerprint density at radius 2 is 2.00 bits per heavy atom. The quantitative estimate of drug-likeness (QED) is 0.802. The van der Waals surface area contributed by atoms with Crippen LogP contribution in [0.4, 0.5) is 4.39 Å². The molecule has 0 spiro atoms. The number of halogens is 2. The van der Waals surface area contributed by atoms with Crippen LogP contribution in [0.2, 0.25) is 5.02 Å². The maximum absolute atomic E-state index is 13.0. The van der Waals surface area contributed by atoms with Gasteiger partial charge in [-0.3, -0.25) is 0 Å². The molecule has 2 rings (SSSR count). The highest BCUT2D eigenvalue weighted by Crippen LogP contribution is 2.21. The molecular formula is C12H14ClFO4S. The van der Waals surface area contributed by atoms with Gasteiger partial charge in [0.25, 0.3) is 0 Å². The lowest BCUT2D eigenvalue weighted by atomic mass is 10.3. The van der Waals surface area contributed by atoms with Gasteiger partial charge in [0.1, 0.15) is 5.82 Å². The molecule has 4 nitrogen and oxygen atoms in total. The number of ether oxygens (including phenoxy) is 2. The average Bonchev–Trinajstić information content (AvgIpc) is 2.41. The van der Waals surface area contributed by atoms with Gasteiger partial charge in [0, 0.05) is 6.42 Å². The van der Waals surface area contributed by atoms with Crippen LogP contribution in [0.1, 0.15) is 12.8 Å². The molecule has 19 heavy (non-hydrogen) atoms. The minimum Gasteiger partial charge on any atom is -0.353 e. The van der Waals surface area contributed by atoms with Crippen LogP contribution in [0.15, 0.2) is 23.1 Å². The van der Waals surface area contributed by atoms with Crippen LogP contribution in [0, 0.1) is 5.82 Å². The molecule has 0 aromatic heterocycles. The molecule has 1 saturated heterocycles. The Hall–Kier alpha value is -0.690. The molecule has 1 aromatic rings. The van der Waals surface area contributed by atoms with Crippen molar-refractivity contribution in [2.75, 3.05) is 19.0 Å². The average molecular weight is 309 g/mol. The fourth-order valence-corrected chi connectivity index (χ4v) is 3.30. The largest absolute Gasteiger partial charge is 0.353 e. The molecule has 1 aliphatic heterocycles. The van der Waals surface area contributed by atoms with E-state index in [-0.39, 0.29) is 22.1 Å². The van der Waals surface area contributed by atoms with Crippen LogP contribution in [0.3, 0.4) is 0 Å². The molecular weight excluding hydrogens is 295 g/mol. The van der Waals surface area contributed by atoms with Crippen molar-refractivity contribution < 1.29 is 22.3 Å². The van der Waals surface area contributed by atoms with Gasteiger partial charge in [0.2, 0.25) is 0 Å². The first-order valence-corrected chi connectivity index (χ1v) is 7.93. The summed E-state index contributed by atoms with van der Waals surface area (Å²) in [5.41, 5.74) is 0. The van der Waals surface area contributed by atoms with Gasteiger partial charge in [-0.1, -0.05) is 11.6 Å². The number of rotatable bonds is 4. The van der Waals surface area contributed by atoms with E-state index in [9.17, 15) is 12.8 Å². The Morgan fingerprint density at radius 1 is 1.32 bits per heavy atom. The normalized spacial score (nSPS) is 17.6. The first kappa shape index (κ1) is 14.7. The van der Waals surface area contributed by atoms with Gasteiger partial charge in [-0.05, 0) is 24.6 Å². The summed E-state index contributed by atoms with van der Waals surface area (Å²) in [5, 5.41) is -0.203. The summed E-state index contributed by atoms with van der Waals surface area (Å²) in [6.45, 7) is 1.15. The summed E-state index contributed by atoms with van der Waals surface area (Å²) in [6.07, 6.45) is 0.577. The highest BCUT2D eigenvalue weighted by molar-refractivity contribution is 7.91. The van der Waals surface area contributed by atoms with E-state index in [0.717, 1.165) is 18.6 Å². The van der Waals surface area contributed by atoms with Crippen molar-refractivity contribution in [1.82, 2.24) is 0 Å². The summed E-state index contributed by atoms with van der Waals surface area (Å²) in [7, 11) is -3.51. The third kappa shape index (κ3) is 3.89. The lowest BCUT2D eigenvalue weighted by Crippen LogP contribution is -2.27. The second-order valence-electron chi connectivity index (χ2n) is 4.21. The van der Waals surface area contributed by atoms with Crippen LogP contribution < -0.4 is 0 Å². The predicted molar refractivity (Wildman–Crippen MR) is 68.4 cm³/mol. The Labute approximate surface area is 116 Å². The molecule has 0 unspecified atom stereocenters. The van der Waals surface area contributed by atoms with Crippen molar-refractivity contribution in [3.05, 3.63) is 29.0 Å². The highest BCUT2D eigenvalue weighted by Gasteiger charge is 2.21. The fraction of sp³-hybridized carbons (Fsp3) is 0.500. The monoisotopic (exact) mass is 308 g/mol. The van der Waals surface area contributed by atoms with E-state index in [0.29, 0.717) is 13.2 Å². The highest BCUT2D eigenvalue weighted by atomic mass is 35.5. The third-order valence-corrected chi connectivity index (χ3v) is 4.80. The van der Waals surface area contributed by atoms with E-state index < -0.39 is 21.9 Å². The molecule has 0 aliphatic carbocycles. The molecule has 1 fully saturated rings. The molecule has 0 amide bonds. The minimum absolute atomic E-state index is 0.00899. The van der Waals surface area contributed by atoms with Crippen molar-refractivity contribution in [3.63, 3.8) is 0 Å². The van der Waals surface area contributed by atoms with Gasteiger partial charge in [-0.15, -0.1) is 0 Å². The predicted octanol–water partition coefficient (Wildman–Crippen LogP) is 2.41. The summed E-state index contributed by atoms with van der Waals surface area (Å²) in [5.74, 6) is -0.765. The van der Waals surface area contributed by atoms with Crippen LogP contribution in [0.25, 0.3) is 0 Å². The van der Waals surface area contributed by atoms with Crippen LogP contribution in [0.5, 0.6) is 0 Å². The topological polar surface area (TPSA) is 52.6 Å². The van der Waals surface area contributed by atoms with Gasteiger partial charge in [-0.2, -0.15) is 0 Å². The molecule has 0 radical (unpaired) electrons. The number of benzene rings is 1. The summed E-state index contributed by atoms with van der Waals surface area (Å²) < 4.78 is 47.6. The summed E-state index contributed by atoms with van der Waals surface area (Å²) in [4.78, 5) is 0.00899. The molecule has 1 heterocycles. The van der Waals surface area contributed by atoms with Gasteiger partial charge < -0.3 is 9.47 Å². The lowest BCUT2D eigenvalue weighted by molar-refractivity contribution is -0.178. The molecule has 1 aliphatic rings. The lowest BCUT2D eigenvalue weighted by Gasteiger charge is -2.22. The van der Waals surface area contributed by atoms with E-state index in [1.54, 1.807) is 0 Å². The second-order valence-corrected chi connectivity index (χ2v) is 6.72. The molecule has 7 heteroatoms. The van der Waals surface area contributed by atoms with Crippen LogP contribution in [-0.2, 0) is 19.3 Å². The molecule has 1 aromatic carbocycles. The van der Waals surface area contributed by atoms with E-state index >= 15 is 0 Å². The van der Waals surface area contributed by atoms with Gasteiger partial charge in [0.05, 0.1) is 28.9 Å².